The topological polar surface area (TPSA) is 55.1 Å². The van der Waals surface area contributed by atoms with Crippen molar-refractivity contribution >= 4 is 5.91 Å². The molecule has 1 amide bonds. The van der Waals surface area contributed by atoms with E-state index in [1.54, 1.807) is 12.1 Å². The van der Waals surface area contributed by atoms with E-state index in [-0.39, 0.29) is 29.2 Å². The SMILES string of the molecule is CC(C)C(NC(=O)CC1(N)CCCC1)c1ccc(F)cc1. The molecule has 1 aromatic carbocycles. The Balaban J connectivity index is 2.02. The summed E-state index contributed by atoms with van der Waals surface area (Å²) in [5, 5.41) is 3.06. The number of rotatable bonds is 5. The smallest absolute Gasteiger partial charge is 0.222 e. The minimum atomic E-state index is -0.339. The Labute approximate surface area is 126 Å². The number of carbonyl (C=O) groups is 1. The fourth-order valence-electron chi connectivity index (χ4n) is 3.11. The van der Waals surface area contributed by atoms with E-state index in [1.165, 1.54) is 12.1 Å². The summed E-state index contributed by atoms with van der Waals surface area (Å²) < 4.78 is 13.0. The molecule has 116 valence electrons. The van der Waals surface area contributed by atoms with Crippen molar-refractivity contribution in [3.8, 4) is 0 Å². The van der Waals surface area contributed by atoms with Gasteiger partial charge < -0.3 is 11.1 Å². The lowest BCUT2D eigenvalue weighted by Crippen LogP contribution is -2.43. The maximum atomic E-state index is 13.0. The third kappa shape index (κ3) is 4.27. The molecule has 1 aliphatic carbocycles. The van der Waals surface area contributed by atoms with Crippen LogP contribution in [0.2, 0.25) is 0 Å². The van der Waals surface area contributed by atoms with Gasteiger partial charge in [0.2, 0.25) is 5.91 Å². The van der Waals surface area contributed by atoms with Crippen LogP contribution < -0.4 is 11.1 Å². The standard InChI is InChI=1S/C17H25FN2O/c1-12(2)16(13-5-7-14(18)8-6-13)20-15(21)11-17(19)9-3-4-10-17/h5-8,12,16H,3-4,9-11,19H2,1-2H3,(H,20,21). The molecule has 0 radical (unpaired) electrons. The molecule has 1 aromatic rings. The average Bonchev–Trinajstić information content (AvgIpc) is 2.83. The van der Waals surface area contributed by atoms with Gasteiger partial charge >= 0.3 is 0 Å². The van der Waals surface area contributed by atoms with E-state index in [9.17, 15) is 9.18 Å². The third-order valence-electron chi connectivity index (χ3n) is 4.32. The van der Waals surface area contributed by atoms with Crippen LogP contribution in [0.4, 0.5) is 4.39 Å². The van der Waals surface area contributed by atoms with Crippen molar-refractivity contribution in [1.82, 2.24) is 5.32 Å². The Kier molecular flexibility index (Phi) is 4.99. The van der Waals surface area contributed by atoms with Crippen molar-refractivity contribution < 1.29 is 9.18 Å². The average molecular weight is 292 g/mol. The quantitative estimate of drug-likeness (QED) is 0.875. The van der Waals surface area contributed by atoms with Crippen molar-refractivity contribution in [2.75, 3.05) is 0 Å². The van der Waals surface area contributed by atoms with Gasteiger partial charge in [0.1, 0.15) is 5.82 Å². The van der Waals surface area contributed by atoms with E-state index >= 15 is 0 Å². The molecule has 0 saturated heterocycles. The molecule has 1 fully saturated rings. The van der Waals surface area contributed by atoms with Crippen LogP contribution in [-0.2, 0) is 4.79 Å². The molecule has 21 heavy (non-hydrogen) atoms. The summed E-state index contributed by atoms with van der Waals surface area (Å²) >= 11 is 0. The van der Waals surface area contributed by atoms with Crippen molar-refractivity contribution in [3.63, 3.8) is 0 Å². The van der Waals surface area contributed by atoms with Gasteiger partial charge in [0.25, 0.3) is 0 Å². The Morgan fingerprint density at radius 1 is 1.29 bits per heavy atom. The highest BCUT2D eigenvalue weighted by Crippen LogP contribution is 2.30. The van der Waals surface area contributed by atoms with Crippen LogP contribution in [0.3, 0.4) is 0 Å². The number of halogens is 1. The molecule has 0 bridgehead atoms. The van der Waals surface area contributed by atoms with Crippen molar-refractivity contribution in [3.05, 3.63) is 35.6 Å². The molecule has 1 unspecified atom stereocenters. The van der Waals surface area contributed by atoms with Crippen LogP contribution in [-0.4, -0.2) is 11.4 Å². The van der Waals surface area contributed by atoms with Gasteiger partial charge in [-0.15, -0.1) is 0 Å². The predicted molar refractivity (Wildman–Crippen MR) is 82.1 cm³/mol. The van der Waals surface area contributed by atoms with E-state index in [0.717, 1.165) is 31.2 Å². The number of amides is 1. The zero-order valence-corrected chi connectivity index (χ0v) is 12.9. The number of nitrogens with one attached hydrogen (secondary N) is 1. The van der Waals surface area contributed by atoms with Gasteiger partial charge in [-0.2, -0.15) is 0 Å². The minimum Gasteiger partial charge on any atom is -0.349 e. The van der Waals surface area contributed by atoms with Crippen LogP contribution >= 0.6 is 0 Å². The Morgan fingerprint density at radius 2 is 1.86 bits per heavy atom. The van der Waals surface area contributed by atoms with Gasteiger partial charge in [0.05, 0.1) is 6.04 Å². The lowest BCUT2D eigenvalue weighted by Gasteiger charge is -2.27. The maximum absolute atomic E-state index is 13.0. The molecular weight excluding hydrogens is 267 g/mol. The van der Waals surface area contributed by atoms with Gasteiger partial charge in [0.15, 0.2) is 0 Å². The van der Waals surface area contributed by atoms with E-state index in [2.05, 4.69) is 5.32 Å². The zero-order chi connectivity index (χ0) is 15.5. The van der Waals surface area contributed by atoms with Crippen molar-refractivity contribution in [2.24, 2.45) is 11.7 Å². The number of carbonyl (C=O) groups excluding carboxylic acids is 1. The van der Waals surface area contributed by atoms with E-state index < -0.39 is 0 Å². The fourth-order valence-corrected chi connectivity index (χ4v) is 3.11. The third-order valence-corrected chi connectivity index (χ3v) is 4.32. The summed E-state index contributed by atoms with van der Waals surface area (Å²) in [6.45, 7) is 4.09. The molecule has 1 aliphatic rings. The highest BCUT2D eigenvalue weighted by Gasteiger charge is 2.32. The van der Waals surface area contributed by atoms with E-state index in [1.807, 2.05) is 13.8 Å². The lowest BCUT2D eigenvalue weighted by molar-refractivity contribution is -0.123. The molecular formula is C17H25FN2O. The summed E-state index contributed by atoms with van der Waals surface area (Å²) in [5.74, 6) is -0.0430. The van der Waals surface area contributed by atoms with Crippen molar-refractivity contribution in [2.45, 2.75) is 57.5 Å². The second kappa shape index (κ2) is 6.56. The highest BCUT2D eigenvalue weighted by atomic mass is 19.1. The minimum absolute atomic E-state index is 0.0116. The Morgan fingerprint density at radius 3 is 2.38 bits per heavy atom. The molecule has 0 aromatic heterocycles. The maximum Gasteiger partial charge on any atom is 0.222 e. The molecule has 3 N–H and O–H groups in total. The molecule has 4 heteroatoms. The summed E-state index contributed by atoms with van der Waals surface area (Å²) in [6, 6.07) is 6.21. The van der Waals surface area contributed by atoms with Crippen LogP contribution in [0, 0.1) is 11.7 Å². The van der Waals surface area contributed by atoms with Crippen LogP contribution in [0.15, 0.2) is 24.3 Å². The van der Waals surface area contributed by atoms with Crippen LogP contribution in [0.1, 0.15) is 57.6 Å². The van der Waals surface area contributed by atoms with Gasteiger partial charge in [-0.3, -0.25) is 4.79 Å². The second-order valence-electron chi connectivity index (χ2n) is 6.59. The van der Waals surface area contributed by atoms with E-state index in [0.29, 0.717) is 6.42 Å². The van der Waals surface area contributed by atoms with Gasteiger partial charge in [-0.05, 0) is 36.5 Å². The molecule has 1 atom stereocenters. The van der Waals surface area contributed by atoms with Crippen molar-refractivity contribution in [1.29, 1.82) is 0 Å². The summed E-state index contributed by atoms with van der Waals surface area (Å²) in [5.41, 5.74) is 6.85. The second-order valence-corrected chi connectivity index (χ2v) is 6.59. The first-order valence-corrected chi connectivity index (χ1v) is 7.73. The number of hydrogen-bond acceptors (Lipinski definition) is 2. The van der Waals surface area contributed by atoms with Gasteiger partial charge in [-0.1, -0.05) is 38.8 Å². The van der Waals surface area contributed by atoms with Crippen LogP contribution in [0.25, 0.3) is 0 Å². The molecule has 0 spiro atoms. The molecule has 0 heterocycles. The monoisotopic (exact) mass is 292 g/mol. The first-order chi connectivity index (χ1) is 9.89. The molecule has 2 rings (SSSR count). The normalized spacial score (nSPS) is 18.7. The first-order valence-electron chi connectivity index (χ1n) is 7.73. The molecule has 3 nitrogen and oxygen atoms in total. The van der Waals surface area contributed by atoms with Crippen LogP contribution in [0.5, 0.6) is 0 Å². The lowest BCUT2D eigenvalue weighted by atomic mass is 9.92. The Bertz CT molecular complexity index is 478. The van der Waals surface area contributed by atoms with E-state index in [4.69, 9.17) is 5.73 Å². The Hall–Kier alpha value is -1.42. The molecule has 1 saturated carbocycles. The predicted octanol–water partition coefficient (Wildman–Crippen LogP) is 3.30. The first kappa shape index (κ1) is 16.0. The zero-order valence-electron chi connectivity index (χ0n) is 12.9. The summed E-state index contributed by atoms with van der Waals surface area (Å²) in [4.78, 5) is 12.3. The van der Waals surface area contributed by atoms with Gasteiger partial charge in [0, 0.05) is 12.0 Å². The summed E-state index contributed by atoms with van der Waals surface area (Å²) in [7, 11) is 0. The number of nitrogens with two attached hydrogens (primary N) is 1. The summed E-state index contributed by atoms with van der Waals surface area (Å²) in [6.07, 6.45) is 4.43. The highest BCUT2D eigenvalue weighted by molar-refractivity contribution is 5.77. The number of benzene rings is 1. The number of hydrogen-bond donors (Lipinski definition) is 2. The fraction of sp³-hybridized carbons (Fsp3) is 0.588. The molecule has 0 aliphatic heterocycles. The largest absolute Gasteiger partial charge is 0.349 e. The van der Waals surface area contributed by atoms with Gasteiger partial charge in [-0.25, -0.2) is 4.39 Å².